The minimum Gasteiger partial charge on any atom is -0.507 e. The second kappa shape index (κ2) is 20.5. The van der Waals surface area contributed by atoms with E-state index < -0.39 is 65.8 Å². The molecule has 4 aromatic carbocycles. The normalized spacial score (nSPS) is 18.3. The van der Waals surface area contributed by atoms with Crippen molar-refractivity contribution in [3.8, 4) is 33.8 Å². The Labute approximate surface area is 357 Å². The zero-order chi connectivity index (χ0) is 43.7. The number of aliphatic hydroxyl groups is 1. The van der Waals surface area contributed by atoms with E-state index in [4.69, 9.17) is 28.9 Å². The predicted octanol–water partition coefficient (Wildman–Crippen LogP) is 3.58. The quantitative estimate of drug-likeness (QED) is 0.0622. The third kappa shape index (κ3) is 11.1. The molecule has 5 rings (SSSR count). The molecule has 9 N–H and O–H groups in total. The lowest BCUT2D eigenvalue weighted by Crippen LogP contribution is -2.59. The average molecular weight is 863 g/mol. The Morgan fingerprint density at radius 1 is 0.900 bits per heavy atom. The minimum absolute atomic E-state index is 0.0657. The Morgan fingerprint density at radius 3 is 2.15 bits per heavy atom. The van der Waals surface area contributed by atoms with Crippen molar-refractivity contribution < 1.29 is 39.3 Å². The fourth-order valence-electron chi connectivity index (χ4n) is 6.83. The number of carbonyl (C=O) groups is 5. The monoisotopic (exact) mass is 861 g/mol. The van der Waals surface area contributed by atoms with Crippen LogP contribution < -0.4 is 27.1 Å². The van der Waals surface area contributed by atoms with Crippen LogP contribution in [0.5, 0.6) is 11.5 Å². The third-order valence-electron chi connectivity index (χ3n) is 10.3. The van der Waals surface area contributed by atoms with Crippen LogP contribution in [0.3, 0.4) is 0 Å². The standard InChI is InChI=1S/C43H49Cl2N7O8/c1-24-39(56)49-34(41(58)50-52(3)37(55)23-44)21-25-7-17-35(53)31(20-25)32-22-29(14-18-36(32)54)38(42(59)47-24)51(2)43(60)33(6-4-5-19-46)48-40(57)28-10-8-26(9-11-28)27-12-15-30(45)16-13-27/h7-18,20,22,24,33-34,38-39,49,53-54,56H,4-6,19,21,23,46H2,1-3H3,(H,47,59)(H,48,57)(H,50,58)/t24-,33-,34-,38-,39?/m0/s1. The van der Waals surface area contributed by atoms with Crippen molar-refractivity contribution in [3.63, 3.8) is 0 Å². The predicted molar refractivity (Wildman–Crippen MR) is 228 cm³/mol. The number of alkyl halides is 1. The van der Waals surface area contributed by atoms with Gasteiger partial charge in [0.05, 0.1) is 12.1 Å². The van der Waals surface area contributed by atoms with E-state index in [2.05, 4.69) is 21.4 Å². The molecule has 0 fully saturated rings. The molecule has 5 amide bonds. The molecule has 0 saturated carbocycles. The van der Waals surface area contributed by atoms with E-state index in [1.165, 1.54) is 50.2 Å². The van der Waals surface area contributed by atoms with Crippen LogP contribution in [0.4, 0.5) is 0 Å². The van der Waals surface area contributed by atoms with Crippen molar-refractivity contribution in [1.29, 1.82) is 0 Å². The Hall–Kier alpha value is -5.71. The van der Waals surface area contributed by atoms with Crippen molar-refractivity contribution in [1.82, 2.24) is 31.3 Å². The van der Waals surface area contributed by atoms with Gasteiger partial charge in [0, 0.05) is 35.8 Å². The molecule has 4 aromatic rings. The number of hydrogen-bond acceptors (Lipinski definition) is 10. The number of hydrogen-bond donors (Lipinski definition) is 8. The molecule has 0 aliphatic carbocycles. The summed E-state index contributed by atoms with van der Waals surface area (Å²) in [5.74, 6) is -4.08. The molecule has 0 radical (unpaired) electrons. The van der Waals surface area contributed by atoms with Crippen LogP contribution >= 0.6 is 23.2 Å². The number of nitrogens with two attached hydrogens (primary N) is 1. The lowest BCUT2D eigenvalue weighted by molar-refractivity contribution is -0.141. The largest absolute Gasteiger partial charge is 0.507 e. The second-order valence-corrected chi connectivity index (χ2v) is 15.3. The van der Waals surface area contributed by atoms with Crippen LogP contribution in [-0.2, 0) is 25.6 Å². The Morgan fingerprint density at radius 2 is 1.52 bits per heavy atom. The Balaban J connectivity index is 1.49. The van der Waals surface area contributed by atoms with E-state index in [0.29, 0.717) is 35.5 Å². The molecule has 4 bridgehead atoms. The van der Waals surface area contributed by atoms with Gasteiger partial charge in [-0.3, -0.25) is 39.7 Å². The van der Waals surface area contributed by atoms with Gasteiger partial charge in [-0.15, -0.1) is 11.6 Å². The number of phenolic OH excluding ortho intramolecular Hbond substituents is 2. The number of nitrogens with zero attached hydrogens (tertiary/aromatic N) is 2. The number of likely N-dealkylation sites (N-methyl/N-ethyl adjacent to an activating group) is 1. The van der Waals surface area contributed by atoms with E-state index in [-0.39, 0.29) is 41.0 Å². The van der Waals surface area contributed by atoms with Gasteiger partial charge in [-0.05, 0) is 110 Å². The number of fused-ring (bicyclic) bond motifs is 5. The number of hydrazine groups is 1. The molecule has 1 unspecified atom stereocenters. The molecule has 60 heavy (non-hydrogen) atoms. The molecule has 17 heteroatoms. The van der Waals surface area contributed by atoms with Gasteiger partial charge in [0.15, 0.2) is 0 Å². The molecular weight excluding hydrogens is 813 g/mol. The maximum absolute atomic E-state index is 14.5. The van der Waals surface area contributed by atoms with E-state index in [9.17, 15) is 39.3 Å². The SMILES string of the molecule is C[C@@H]1NC(=O)[C@@H](N(C)C(=O)[C@H](CCCCN)NC(=O)c2ccc(-c3ccc(Cl)cc3)cc2)c2ccc(O)c(c2)-c2cc(ccc2O)C[C@@H](C(=O)NN(C)C(=O)CCl)NC1O. The van der Waals surface area contributed by atoms with Gasteiger partial charge in [0.2, 0.25) is 11.8 Å². The zero-order valence-electron chi connectivity index (χ0n) is 33.3. The average Bonchev–Trinajstić information content (AvgIpc) is 3.23. The highest BCUT2D eigenvalue weighted by Crippen LogP contribution is 2.39. The fraction of sp³-hybridized carbons (Fsp3) is 0.326. The highest BCUT2D eigenvalue weighted by atomic mass is 35.5. The van der Waals surface area contributed by atoms with Crippen LogP contribution in [0.1, 0.15) is 53.7 Å². The molecule has 0 saturated heterocycles. The van der Waals surface area contributed by atoms with Crippen LogP contribution in [0.2, 0.25) is 5.02 Å². The molecule has 15 nitrogen and oxygen atoms in total. The number of unbranched alkanes of at least 4 members (excludes halogenated alkanes) is 1. The topological polar surface area (TPSA) is 227 Å². The summed E-state index contributed by atoms with van der Waals surface area (Å²) in [5.41, 5.74) is 11.3. The van der Waals surface area contributed by atoms with E-state index >= 15 is 0 Å². The number of benzene rings is 4. The van der Waals surface area contributed by atoms with Crippen molar-refractivity contribution in [2.45, 2.75) is 63.0 Å². The fourth-order valence-corrected chi connectivity index (χ4v) is 7.13. The number of phenols is 2. The van der Waals surface area contributed by atoms with Crippen LogP contribution in [-0.4, -0.2) is 106 Å². The van der Waals surface area contributed by atoms with E-state index in [1.807, 2.05) is 12.1 Å². The lowest BCUT2D eigenvalue weighted by Gasteiger charge is -2.34. The summed E-state index contributed by atoms with van der Waals surface area (Å²) in [4.78, 5) is 69.4. The van der Waals surface area contributed by atoms with Gasteiger partial charge in [-0.2, -0.15) is 0 Å². The smallest absolute Gasteiger partial charge is 0.256 e. The van der Waals surface area contributed by atoms with Gasteiger partial charge < -0.3 is 36.6 Å². The number of nitrogens with one attached hydrogen (secondary N) is 4. The Kier molecular flexibility index (Phi) is 15.5. The molecule has 0 spiro atoms. The van der Waals surface area contributed by atoms with Gasteiger partial charge in [0.25, 0.3) is 17.7 Å². The van der Waals surface area contributed by atoms with Crippen LogP contribution in [0.15, 0.2) is 84.9 Å². The second-order valence-electron chi connectivity index (χ2n) is 14.6. The zero-order valence-corrected chi connectivity index (χ0v) is 34.8. The van der Waals surface area contributed by atoms with Crippen molar-refractivity contribution in [2.24, 2.45) is 5.73 Å². The molecule has 1 aliphatic rings. The van der Waals surface area contributed by atoms with Crippen molar-refractivity contribution in [3.05, 3.63) is 107 Å². The molecule has 318 valence electrons. The number of aliphatic hydroxyl groups excluding tert-OH is 1. The van der Waals surface area contributed by atoms with Gasteiger partial charge in [0.1, 0.15) is 35.7 Å². The maximum Gasteiger partial charge on any atom is 0.256 e. The van der Waals surface area contributed by atoms with Crippen LogP contribution in [0.25, 0.3) is 22.3 Å². The van der Waals surface area contributed by atoms with Crippen molar-refractivity contribution >= 4 is 52.7 Å². The summed E-state index contributed by atoms with van der Waals surface area (Å²) in [5, 5.41) is 43.4. The molecular formula is C43H49Cl2N7O8. The van der Waals surface area contributed by atoms with Crippen molar-refractivity contribution in [2.75, 3.05) is 26.5 Å². The van der Waals surface area contributed by atoms with E-state index in [1.54, 1.807) is 48.5 Å². The third-order valence-corrected chi connectivity index (χ3v) is 10.8. The summed E-state index contributed by atoms with van der Waals surface area (Å²) in [6.45, 7) is 1.85. The molecule has 0 aromatic heterocycles. The maximum atomic E-state index is 14.5. The first-order valence-electron chi connectivity index (χ1n) is 19.3. The highest BCUT2D eigenvalue weighted by Gasteiger charge is 2.36. The lowest BCUT2D eigenvalue weighted by atomic mass is 9.93. The number of carbonyl (C=O) groups excluding carboxylic acids is 5. The summed E-state index contributed by atoms with van der Waals surface area (Å²) < 4.78 is 0. The Bertz CT molecular complexity index is 2190. The number of aromatic hydroxyl groups is 2. The summed E-state index contributed by atoms with van der Waals surface area (Å²) in [6.07, 6.45) is -0.368. The van der Waals surface area contributed by atoms with Gasteiger partial charge >= 0.3 is 0 Å². The molecule has 5 atom stereocenters. The summed E-state index contributed by atoms with van der Waals surface area (Å²) >= 11 is 11.7. The van der Waals surface area contributed by atoms with Crippen LogP contribution in [0, 0.1) is 0 Å². The number of amides is 5. The first-order chi connectivity index (χ1) is 28.6. The number of rotatable bonds is 11. The number of halogens is 2. The first kappa shape index (κ1) is 45.4. The molecule has 1 aliphatic heterocycles. The highest BCUT2D eigenvalue weighted by molar-refractivity contribution is 6.30. The summed E-state index contributed by atoms with van der Waals surface area (Å²) in [6, 6.07) is 18.1. The van der Waals surface area contributed by atoms with E-state index in [0.717, 1.165) is 16.1 Å². The first-order valence-corrected chi connectivity index (χ1v) is 20.2. The summed E-state index contributed by atoms with van der Waals surface area (Å²) in [7, 11) is 2.72. The molecule has 1 heterocycles. The minimum atomic E-state index is -1.54. The van der Waals surface area contributed by atoms with Gasteiger partial charge in [-0.25, -0.2) is 0 Å². The van der Waals surface area contributed by atoms with Gasteiger partial charge in [-0.1, -0.05) is 48.0 Å².